The first kappa shape index (κ1) is 17.3. The van der Waals surface area contributed by atoms with Crippen LogP contribution in [-0.4, -0.2) is 64.5 Å². The molecule has 3 N–H and O–H groups in total. The van der Waals surface area contributed by atoms with Gasteiger partial charge in [0.15, 0.2) is 0 Å². The minimum absolute atomic E-state index is 0. The molecule has 0 spiro atoms. The zero-order valence-electron chi connectivity index (χ0n) is 4.43. The molecule has 0 amide bonds. The zero-order valence-corrected chi connectivity index (χ0v) is 6.14. The van der Waals surface area contributed by atoms with E-state index in [4.69, 9.17) is 22.6 Å². The predicted molar refractivity (Wildman–Crippen MR) is 42.3 cm³/mol. The molecule has 0 saturated carbocycles. The second-order valence-corrected chi connectivity index (χ2v) is 2.24. The summed E-state index contributed by atoms with van der Waals surface area (Å²) < 4.78 is 31.6. The number of hydrogen-bond acceptors (Lipinski definition) is 4. The second-order valence-electron chi connectivity index (χ2n) is 0.895. The molecule has 8 heteroatoms. The van der Waals surface area contributed by atoms with E-state index in [1.54, 1.807) is 0 Å². The molecule has 0 aromatic carbocycles. The van der Waals surface area contributed by atoms with Gasteiger partial charge in [-0.25, -0.2) is 0 Å². The third-order valence-corrected chi connectivity index (χ3v) is 0.300. The summed E-state index contributed by atoms with van der Waals surface area (Å²) in [5.74, 6) is 0.569. The molecular weight excluding hydrogens is 191 g/mol. The Balaban J connectivity index is -0.0000000910. The summed E-state index contributed by atoms with van der Waals surface area (Å²) >= 11 is 3.67. The fourth-order valence-corrected chi connectivity index (χ4v) is 0. The van der Waals surface area contributed by atoms with Crippen molar-refractivity contribution >= 4 is 52.6 Å². The third-order valence-electron chi connectivity index (χ3n) is 0.1000. The van der Waals surface area contributed by atoms with Crippen molar-refractivity contribution in [2.45, 2.75) is 0 Å². The van der Waals surface area contributed by atoms with E-state index in [9.17, 15) is 0 Å². The van der Waals surface area contributed by atoms with Gasteiger partial charge in [0.1, 0.15) is 0 Å². The molecule has 0 saturated heterocycles. The molecule has 0 rings (SSSR count). The topological polar surface area (TPSA) is 94.8 Å². The van der Waals surface area contributed by atoms with Crippen LogP contribution in [0.25, 0.3) is 0 Å². The standard InChI is InChI=1S/C2H6OS.Na.H2O4S.H/c3-1-2-4;;1-5(2,3)4;/h3-4H,1-2H2;;(H2,1,2,3,4);. The molecule has 0 radical (unpaired) electrons. The monoisotopic (exact) mass is 200 g/mol. The van der Waals surface area contributed by atoms with E-state index >= 15 is 0 Å². The summed E-state index contributed by atoms with van der Waals surface area (Å²) in [6, 6.07) is 0. The molecule has 10 heavy (non-hydrogen) atoms. The number of rotatable bonds is 1. The summed E-state index contributed by atoms with van der Waals surface area (Å²) in [5.41, 5.74) is 0. The summed E-state index contributed by atoms with van der Waals surface area (Å²) in [7, 11) is -4.67. The van der Waals surface area contributed by atoms with Crippen molar-refractivity contribution < 1.29 is 22.6 Å². The number of hydrogen-bond donors (Lipinski definition) is 4. The zero-order chi connectivity index (χ0) is 7.91. The third kappa shape index (κ3) is 129. The maximum atomic E-state index is 8.74. The van der Waals surface area contributed by atoms with Crippen LogP contribution in [-0.2, 0) is 10.4 Å². The Hall–Kier alpha value is 1.18. The molecule has 5 nitrogen and oxygen atoms in total. The Kier molecular flexibility index (Phi) is 17.6. The maximum absolute atomic E-state index is 8.74. The number of aliphatic hydroxyl groups is 1. The van der Waals surface area contributed by atoms with E-state index in [0.717, 1.165) is 0 Å². The van der Waals surface area contributed by atoms with Gasteiger partial charge in [0, 0.05) is 5.75 Å². The first-order valence-corrected chi connectivity index (χ1v) is 3.86. The average Bonchev–Trinajstić information content (AvgIpc) is 1.61. The molecule has 0 unspecified atom stereocenters. The summed E-state index contributed by atoms with van der Waals surface area (Å²) in [4.78, 5) is 0. The molecule has 0 fully saturated rings. The Morgan fingerprint density at radius 3 is 1.40 bits per heavy atom. The fourth-order valence-electron chi connectivity index (χ4n) is 0. The average molecular weight is 200 g/mol. The van der Waals surface area contributed by atoms with Crippen molar-refractivity contribution in [1.82, 2.24) is 0 Å². The van der Waals surface area contributed by atoms with E-state index in [0.29, 0.717) is 5.75 Å². The van der Waals surface area contributed by atoms with Crippen LogP contribution in [0, 0.1) is 0 Å². The molecule has 0 heterocycles. The van der Waals surface area contributed by atoms with Crippen LogP contribution in [0.1, 0.15) is 0 Å². The van der Waals surface area contributed by atoms with Gasteiger partial charge in [-0.15, -0.1) is 0 Å². The fraction of sp³-hybridized carbons (Fsp3) is 1.00. The molecule has 0 bridgehead atoms. The normalized spacial score (nSPS) is 8.80. The van der Waals surface area contributed by atoms with Crippen LogP contribution in [0.15, 0.2) is 0 Å². The molecular formula is C2H9NaO5S2. The Bertz CT molecular complexity index is 121. The van der Waals surface area contributed by atoms with Gasteiger partial charge in [-0.2, -0.15) is 21.0 Å². The van der Waals surface area contributed by atoms with Gasteiger partial charge < -0.3 is 5.11 Å². The Morgan fingerprint density at radius 1 is 1.30 bits per heavy atom. The Morgan fingerprint density at radius 2 is 1.40 bits per heavy atom. The molecule has 0 aliphatic heterocycles. The molecule has 0 aliphatic rings. The first-order chi connectivity index (χ1) is 3.91. The van der Waals surface area contributed by atoms with E-state index in [2.05, 4.69) is 12.6 Å². The second kappa shape index (κ2) is 10.2. The van der Waals surface area contributed by atoms with Crippen LogP contribution in [0.4, 0.5) is 0 Å². The van der Waals surface area contributed by atoms with E-state index in [1.165, 1.54) is 0 Å². The molecule has 0 aromatic rings. The van der Waals surface area contributed by atoms with Crippen molar-refractivity contribution in [3.05, 3.63) is 0 Å². The van der Waals surface area contributed by atoms with Crippen molar-refractivity contribution in [2.75, 3.05) is 12.4 Å². The summed E-state index contributed by atoms with van der Waals surface area (Å²) in [6.45, 7) is 0.184. The van der Waals surface area contributed by atoms with Crippen molar-refractivity contribution in [1.29, 1.82) is 0 Å². The van der Waals surface area contributed by atoms with Gasteiger partial charge in [-0.3, -0.25) is 9.11 Å². The van der Waals surface area contributed by atoms with Crippen LogP contribution < -0.4 is 0 Å². The first-order valence-electron chi connectivity index (χ1n) is 1.83. The predicted octanol–water partition coefficient (Wildman–Crippen LogP) is -1.39. The van der Waals surface area contributed by atoms with E-state index in [1.807, 2.05) is 0 Å². The molecule has 0 aromatic heterocycles. The van der Waals surface area contributed by atoms with Crippen molar-refractivity contribution in [2.24, 2.45) is 0 Å². The number of thiol groups is 1. The van der Waals surface area contributed by atoms with Gasteiger partial charge in [-0.1, -0.05) is 0 Å². The van der Waals surface area contributed by atoms with Crippen LogP contribution in [0.5, 0.6) is 0 Å². The van der Waals surface area contributed by atoms with E-state index in [-0.39, 0.29) is 36.2 Å². The summed E-state index contributed by atoms with van der Waals surface area (Å²) in [5, 5.41) is 7.80. The van der Waals surface area contributed by atoms with Crippen LogP contribution in [0.3, 0.4) is 0 Å². The van der Waals surface area contributed by atoms with Gasteiger partial charge in [0.25, 0.3) is 0 Å². The Labute approximate surface area is 87.1 Å². The molecule has 0 aliphatic carbocycles. The van der Waals surface area contributed by atoms with Crippen LogP contribution >= 0.6 is 12.6 Å². The molecule has 60 valence electrons. The summed E-state index contributed by atoms with van der Waals surface area (Å²) in [6.07, 6.45) is 0. The van der Waals surface area contributed by atoms with E-state index < -0.39 is 10.4 Å². The SMILES string of the molecule is O=S(=O)(O)O.OCCS.[NaH]. The minimum atomic E-state index is -4.67. The van der Waals surface area contributed by atoms with Gasteiger partial charge in [0.05, 0.1) is 6.61 Å². The van der Waals surface area contributed by atoms with Crippen molar-refractivity contribution in [3.63, 3.8) is 0 Å². The van der Waals surface area contributed by atoms with Gasteiger partial charge >= 0.3 is 40.0 Å². The molecule has 0 atom stereocenters. The van der Waals surface area contributed by atoms with Crippen LogP contribution in [0.2, 0.25) is 0 Å². The number of aliphatic hydroxyl groups excluding tert-OH is 1. The van der Waals surface area contributed by atoms with Crippen molar-refractivity contribution in [3.8, 4) is 0 Å². The quantitative estimate of drug-likeness (QED) is 0.237. The van der Waals surface area contributed by atoms with Gasteiger partial charge in [0.2, 0.25) is 0 Å². The van der Waals surface area contributed by atoms with Gasteiger partial charge in [-0.05, 0) is 0 Å².